The Morgan fingerprint density at radius 3 is 2.54 bits per heavy atom. The lowest BCUT2D eigenvalue weighted by atomic mass is 10.0. The number of benzene rings is 1. The van der Waals surface area contributed by atoms with Crippen LogP contribution in [-0.4, -0.2) is 23.1 Å². The Bertz CT molecular complexity index is 684. The molecule has 0 saturated heterocycles. The summed E-state index contributed by atoms with van der Waals surface area (Å²) in [7, 11) is 0. The van der Waals surface area contributed by atoms with Gasteiger partial charge in [0.1, 0.15) is 5.82 Å². The molecule has 1 N–H and O–H groups in total. The standard InChI is InChI=1S/C20H27F2N3O/c1-4-5-12-23-19-18(14-24-15(2)25-19)26-13-6-7-16-8-10-17(11-9-16)20(3,21)22/h8-11,14H,4-7,12-13H2,1-3H3,(H,23,24,25). The third-order valence-electron chi connectivity index (χ3n) is 4.03. The maximum absolute atomic E-state index is 13.2. The second kappa shape index (κ2) is 9.46. The molecule has 0 aliphatic rings. The van der Waals surface area contributed by atoms with Crippen molar-refractivity contribution in [1.29, 1.82) is 0 Å². The molecule has 4 nitrogen and oxygen atoms in total. The molecule has 0 spiro atoms. The Hall–Kier alpha value is -2.24. The van der Waals surface area contributed by atoms with Crippen LogP contribution in [0.3, 0.4) is 0 Å². The smallest absolute Gasteiger partial charge is 0.270 e. The minimum absolute atomic E-state index is 0.0390. The van der Waals surface area contributed by atoms with Crippen molar-refractivity contribution in [2.45, 2.75) is 52.4 Å². The van der Waals surface area contributed by atoms with E-state index < -0.39 is 5.92 Å². The number of nitrogens with one attached hydrogen (secondary N) is 1. The number of ether oxygens (including phenoxy) is 1. The lowest BCUT2D eigenvalue weighted by molar-refractivity contribution is 0.0174. The van der Waals surface area contributed by atoms with E-state index in [0.717, 1.165) is 50.5 Å². The van der Waals surface area contributed by atoms with Gasteiger partial charge in [-0.15, -0.1) is 0 Å². The highest BCUT2D eigenvalue weighted by molar-refractivity contribution is 5.48. The molecule has 0 atom stereocenters. The molecule has 1 aromatic heterocycles. The first-order chi connectivity index (χ1) is 12.4. The van der Waals surface area contributed by atoms with Gasteiger partial charge in [0.15, 0.2) is 11.6 Å². The molecule has 1 heterocycles. The maximum Gasteiger partial charge on any atom is 0.270 e. The van der Waals surface area contributed by atoms with Crippen LogP contribution < -0.4 is 10.1 Å². The highest BCUT2D eigenvalue weighted by Crippen LogP contribution is 2.27. The summed E-state index contributed by atoms with van der Waals surface area (Å²) < 4.78 is 32.3. The van der Waals surface area contributed by atoms with Gasteiger partial charge < -0.3 is 10.1 Å². The number of halogens is 2. The van der Waals surface area contributed by atoms with Crippen LogP contribution in [0.2, 0.25) is 0 Å². The summed E-state index contributed by atoms with van der Waals surface area (Å²) in [6.45, 7) is 6.25. The van der Waals surface area contributed by atoms with E-state index in [-0.39, 0.29) is 5.56 Å². The van der Waals surface area contributed by atoms with E-state index in [2.05, 4.69) is 22.2 Å². The number of alkyl halides is 2. The van der Waals surface area contributed by atoms with E-state index >= 15 is 0 Å². The fourth-order valence-corrected chi connectivity index (χ4v) is 2.50. The Morgan fingerprint density at radius 2 is 1.88 bits per heavy atom. The van der Waals surface area contributed by atoms with Crippen LogP contribution in [0.1, 0.15) is 50.1 Å². The predicted octanol–water partition coefficient (Wildman–Crippen LogP) is 5.12. The number of hydrogen-bond donors (Lipinski definition) is 1. The molecule has 2 aromatic rings. The highest BCUT2D eigenvalue weighted by atomic mass is 19.3. The lowest BCUT2D eigenvalue weighted by Crippen LogP contribution is -2.09. The third kappa shape index (κ3) is 6.24. The summed E-state index contributed by atoms with van der Waals surface area (Å²) in [6, 6.07) is 6.47. The molecular formula is C20H27F2N3O. The summed E-state index contributed by atoms with van der Waals surface area (Å²) in [5.41, 5.74) is 1.06. The Balaban J connectivity index is 1.84. The molecule has 0 aliphatic carbocycles. The average molecular weight is 363 g/mol. The first-order valence-corrected chi connectivity index (χ1v) is 9.07. The van der Waals surface area contributed by atoms with E-state index in [9.17, 15) is 8.78 Å². The second-order valence-electron chi connectivity index (χ2n) is 6.45. The van der Waals surface area contributed by atoms with Gasteiger partial charge in [-0.1, -0.05) is 37.6 Å². The van der Waals surface area contributed by atoms with Crippen molar-refractivity contribution in [3.63, 3.8) is 0 Å². The van der Waals surface area contributed by atoms with Crippen molar-refractivity contribution in [3.05, 3.63) is 47.4 Å². The molecule has 0 amide bonds. The SMILES string of the molecule is CCCCNc1nc(C)ncc1OCCCc1ccc(C(C)(F)F)cc1. The van der Waals surface area contributed by atoms with Crippen LogP contribution in [0.4, 0.5) is 14.6 Å². The molecular weight excluding hydrogens is 336 g/mol. The zero-order valence-corrected chi connectivity index (χ0v) is 15.7. The van der Waals surface area contributed by atoms with Crippen molar-refractivity contribution in [2.75, 3.05) is 18.5 Å². The fourth-order valence-electron chi connectivity index (χ4n) is 2.50. The Kier molecular flexibility index (Phi) is 7.30. The van der Waals surface area contributed by atoms with Gasteiger partial charge in [0.2, 0.25) is 0 Å². The van der Waals surface area contributed by atoms with E-state index in [4.69, 9.17) is 4.74 Å². The number of aryl methyl sites for hydroxylation is 2. The number of anilines is 1. The predicted molar refractivity (Wildman–Crippen MR) is 100.0 cm³/mol. The summed E-state index contributed by atoms with van der Waals surface area (Å²) in [4.78, 5) is 8.59. The van der Waals surface area contributed by atoms with Crippen molar-refractivity contribution in [3.8, 4) is 5.75 Å². The third-order valence-corrected chi connectivity index (χ3v) is 4.03. The van der Waals surface area contributed by atoms with Crippen LogP contribution in [0.5, 0.6) is 5.75 Å². The topological polar surface area (TPSA) is 47.0 Å². The van der Waals surface area contributed by atoms with E-state index in [1.165, 1.54) is 12.1 Å². The molecule has 0 radical (unpaired) electrons. The summed E-state index contributed by atoms with van der Waals surface area (Å²) in [6.07, 6.45) is 5.41. The Morgan fingerprint density at radius 1 is 1.15 bits per heavy atom. The van der Waals surface area contributed by atoms with E-state index in [1.54, 1.807) is 18.3 Å². The lowest BCUT2D eigenvalue weighted by Gasteiger charge is -2.13. The van der Waals surface area contributed by atoms with Crippen LogP contribution in [-0.2, 0) is 12.3 Å². The van der Waals surface area contributed by atoms with Crippen LogP contribution in [0, 0.1) is 6.92 Å². The van der Waals surface area contributed by atoms with Gasteiger partial charge in [-0.3, -0.25) is 0 Å². The molecule has 0 fully saturated rings. The monoisotopic (exact) mass is 363 g/mol. The number of aromatic nitrogens is 2. The Labute approximate surface area is 154 Å². The molecule has 0 bridgehead atoms. The quantitative estimate of drug-likeness (QED) is 0.595. The van der Waals surface area contributed by atoms with Gasteiger partial charge in [-0.25, -0.2) is 18.7 Å². The molecule has 0 saturated carbocycles. The van der Waals surface area contributed by atoms with Gasteiger partial charge in [0.05, 0.1) is 12.8 Å². The number of hydrogen-bond acceptors (Lipinski definition) is 4. The van der Waals surface area contributed by atoms with E-state index in [0.29, 0.717) is 18.2 Å². The zero-order chi connectivity index (χ0) is 19.0. The fraction of sp³-hybridized carbons (Fsp3) is 0.500. The molecule has 2 rings (SSSR count). The summed E-state index contributed by atoms with van der Waals surface area (Å²) in [5.74, 6) is -0.730. The minimum atomic E-state index is -2.80. The molecule has 1 aromatic carbocycles. The van der Waals surface area contributed by atoms with Crippen molar-refractivity contribution < 1.29 is 13.5 Å². The molecule has 142 valence electrons. The first kappa shape index (κ1) is 20.1. The highest BCUT2D eigenvalue weighted by Gasteiger charge is 2.23. The number of rotatable bonds is 10. The van der Waals surface area contributed by atoms with Crippen LogP contribution in [0.15, 0.2) is 30.5 Å². The van der Waals surface area contributed by atoms with Crippen LogP contribution in [0.25, 0.3) is 0 Å². The van der Waals surface area contributed by atoms with Gasteiger partial charge in [0, 0.05) is 19.0 Å². The number of unbranched alkanes of at least 4 members (excludes halogenated alkanes) is 1. The molecule has 26 heavy (non-hydrogen) atoms. The summed E-state index contributed by atoms with van der Waals surface area (Å²) in [5, 5.41) is 3.29. The normalized spacial score (nSPS) is 11.4. The first-order valence-electron chi connectivity index (χ1n) is 9.07. The maximum atomic E-state index is 13.2. The van der Waals surface area contributed by atoms with Gasteiger partial charge in [-0.05, 0) is 31.7 Å². The van der Waals surface area contributed by atoms with Gasteiger partial charge in [-0.2, -0.15) is 0 Å². The largest absolute Gasteiger partial charge is 0.488 e. The van der Waals surface area contributed by atoms with Crippen molar-refractivity contribution >= 4 is 5.82 Å². The molecule has 0 unspecified atom stereocenters. The molecule has 6 heteroatoms. The van der Waals surface area contributed by atoms with Crippen molar-refractivity contribution in [2.24, 2.45) is 0 Å². The molecule has 0 aliphatic heterocycles. The van der Waals surface area contributed by atoms with E-state index in [1.807, 2.05) is 6.92 Å². The zero-order valence-electron chi connectivity index (χ0n) is 15.7. The summed E-state index contributed by atoms with van der Waals surface area (Å²) >= 11 is 0. The average Bonchev–Trinajstić information content (AvgIpc) is 2.60. The van der Waals surface area contributed by atoms with Gasteiger partial charge in [0.25, 0.3) is 5.92 Å². The second-order valence-corrected chi connectivity index (χ2v) is 6.45. The number of nitrogens with zero attached hydrogens (tertiary/aromatic N) is 2. The van der Waals surface area contributed by atoms with Crippen LogP contribution >= 0.6 is 0 Å². The van der Waals surface area contributed by atoms with Gasteiger partial charge >= 0.3 is 0 Å². The minimum Gasteiger partial charge on any atom is -0.488 e. The van der Waals surface area contributed by atoms with Crippen molar-refractivity contribution in [1.82, 2.24) is 9.97 Å².